The molecule has 0 radical (unpaired) electrons. The van der Waals surface area contributed by atoms with E-state index in [0.717, 1.165) is 64.3 Å². The molecule has 1 aliphatic carbocycles. The maximum absolute atomic E-state index is 12.9. The Morgan fingerprint density at radius 1 is 0.903 bits per heavy atom. The molecule has 2 heterocycles. The van der Waals surface area contributed by atoms with Gasteiger partial charge >= 0.3 is 0 Å². The lowest BCUT2D eigenvalue weighted by Gasteiger charge is -2.36. The Balaban J connectivity index is 1.14. The summed E-state index contributed by atoms with van der Waals surface area (Å²) in [7, 11) is 0. The van der Waals surface area contributed by atoms with Gasteiger partial charge in [-0.25, -0.2) is 0 Å². The third kappa shape index (κ3) is 6.30. The largest absolute Gasteiger partial charge is 0.356 e. The minimum Gasteiger partial charge on any atom is -0.356 e. The number of anilines is 1. The van der Waals surface area contributed by atoms with Gasteiger partial charge in [0.15, 0.2) is 0 Å². The molecular formula is C25H38N4O2. The Morgan fingerprint density at radius 3 is 2.45 bits per heavy atom. The number of rotatable bonds is 7. The molecule has 1 saturated heterocycles. The Bertz CT molecular complexity index is 739. The number of fused-ring (bicyclic) bond motifs is 1. The first-order valence-electron chi connectivity index (χ1n) is 12.3. The molecule has 0 spiro atoms. The van der Waals surface area contributed by atoms with Crippen LogP contribution in [0.3, 0.4) is 0 Å². The summed E-state index contributed by atoms with van der Waals surface area (Å²) in [6.45, 7) is 6.64. The molecular weight excluding hydrogens is 388 g/mol. The number of hydrogen-bond acceptors (Lipinski definition) is 4. The summed E-state index contributed by atoms with van der Waals surface area (Å²) in [6, 6.07) is 8.29. The number of hydrogen-bond donors (Lipinski definition) is 1. The molecule has 1 N–H and O–H groups in total. The van der Waals surface area contributed by atoms with Crippen LogP contribution in [0.25, 0.3) is 0 Å². The molecule has 6 heteroatoms. The fourth-order valence-corrected chi connectivity index (χ4v) is 5.24. The van der Waals surface area contributed by atoms with Gasteiger partial charge in [-0.05, 0) is 43.2 Å². The zero-order valence-electron chi connectivity index (χ0n) is 18.9. The Hall–Kier alpha value is -1.92. The van der Waals surface area contributed by atoms with Gasteiger partial charge in [0, 0.05) is 57.9 Å². The maximum atomic E-state index is 12.9. The molecule has 0 unspecified atom stereocenters. The number of para-hydroxylation sites is 1. The van der Waals surface area contributed by atoms with Gasteiger partial charge in [0.2, 0.25) is 11.8 Å². The first-order valence-corrected chi connectivity index (χ1v) is 12.3. The van der Waals surface area contributed by atoms with E-state index in [2.05, 4.69) is 33.3 Å². The second kappa shape index (κ2) is 11.1. The van der Waals surface area contributed by atoms with Crippen LogP contribution in [-0.4, -0.2) is 74.0 Å². The van der Waals surface area contributed by atoms with Crippen LogP contribution in [0.5, 0.6) is 0 Å². The van der Waals surface area contributed by atoms with Crippen LogP contribution in [0.15, 0.2) is 24.3 Å². The highest BCUT2D eigenvalue weighted by Crippen LogP contribution is 2.27. The fourth-order valence-electron chi connectivity index (χ4n) is 5.24. The van der Waals surface area contributed by atoms with Crippen molar-refractivity contribution in [3.63, 3.8) is 0 Å². The molecule has 0 atom stereocenters. The first kappa shape index (κ1) is 22.3. The maximum Gasteiger partial charge on any atom is 0.241 e. The number of benzene rings is 1. The summed E-state index contributed by atoms with van der Waals surface area (Å²) in [5.41, 5.74) is 2.38. The van der Waals surface area contributed by atoms with E-state index < -0.39 is 0 Å². The predicted molar refractivity (Wildman–Crippen MR) is 124 cm³/mol. The molecule has 2 amide bonds. The minimum atomic E-state index is 0.187. The minimum absolute atomic E-state index is 0.187. The van der Waals surface area contributed by atoms with E-state index in [9.17, 15) is 9.59 Å². The summed E-state index contributed by atoms with van der Waals surface area (Å²) < 4.78 is 0. The van der Waals surface area contributed by atoms with Crippen molar-refractivity contribution >= 4 is 17.5 Å². The van der Waals surface area contributed by atoms with Crippen LogP contribution < -0.4 is 10.2 Å². The van der Waals surface area contributed by atoms with Gasteiger partial charge in [-0.15, -0.1) is 0 Å². The molecule has 0 bridgehead atoms. The standard InChI is InChI=1S/C25H38N4O2/c30-24(26-19-21-7-2-1-3-8-21)12-14-27-15-17-28(18-16-27)20-25(31)29-13-6-10-22-9-4-5-11-23(22)29/h4-5,9,11,21H,1-3,6-8,10,12-20H2,(H,26,30). The van der Waals surface area contributed by atoms with Crippen molar-refractivity contribution in [2.75, 3.05) is 57.3 Å². The Morgan fingerprint density at radius 2 is 1.65 bits per heavy atom. The Kier molecular flexibility index (Phi) is 7.97. The third-order valence-electron chi connectivity index (χ3n) is 7.20. The highest BCUT2D eigenvalue weighted by atomic mass is 16.2. The van der Waals surface area contributed by atoms with Crippen LogP contribution in [0.1, 0.15) is 50.5 Å². The van der Waals surface area contributed by atoms with E-state index >= 15 is 0 Å². The monoisotopic (exact) mass is 426 g/mol. The number of carbonyl (C=O) groups is 2. The number of carbonyl (C=O) groups excluding carboxylic acids is 2. The molecule has 4 rings (SSSR count). The van der Waals surface area contributed by atoms with Gasteiger partial charge in [0.1, 0.15) is 0 Å². The smallest absolute Gasteiger partial charge is 0.241 e. The van der Waals surface area contributed by atoms with Crippen molar-refractivity contribution in [1.29, 1.82) is 0 Å². The van der Waals surface area contributed by atoms with E-state index in [1.165, 1.54) is 37.7 Å². The summed E-state index contributed by atoms with van der Waals surface area (Å²) >= 11 is 0. The SMILES string of the molecule is O=C(CCN1CCN(CC(=O)N2CCCc3ccccc32)CC1)NCC1CCCCC1. The van der Waals surface area contributed by atoms with Crippen molar-refractivity contribution in [1.82, 2.24) is 15.1 Å². The molecule has 1 aromatic rings. The Labute approximate surface area is 187 Å². The summed E-state index contributed by atoms with van der Waals surface area (Å²) in [4.78, 5) is 31.8. The van der Waals surface area contributed by atoms with Gasteiger partial charge in [0.05, 0.1) is 6.54 Å². The van der Waals surface area contributed by atoms with Crippen molar-refractivity contribution in [2.45, 2.75) is 51.4 Å². The highest BCUT2D eigenvalue weighted by molar-refractivity contribution is 5.96. The number of nitrogens with one attached hydrogen (secondary N) is 1. The summed E-state index contributed by atoms with van der Waals surface area (Å²) in [5, 5.41) is 3.15. The normalized spacial score (nSPS) is 21.0. The molecule has 2 fully saturated rings. The van der Waals surface area contributed by atoms with E-state index in [1.54, 1.807) is 0 Å². The van der Waals surface area contributed by atoms with Gasteiger partial charge in [-0.1, -0.05) is 37.5 Å². The average molecular weight is 427 g/mol. The van der Waals surface area contributed by atoms with Crippen LogP contribution in [0.4, 0.5) is 5.69 Å². The summed E-state index contributed by atoms with van der Waals surface area (Å²) in [5.74, 6) is 1.08. The van der Waals surface area contributed by atoms with Gasteiger partial charge in [-0.3, -0.25) is 14.5 Å². The number of piperazine rings is 1. The zero-order chi connectivity index (χ0) is 21.5. The molecule has 6 nitrogen and oxygen atoms in total. The van der Waals surface area contributed by atoms with E-state index in [4.69, 9.17) is 0 Å². The second-order valence-corrected chi connectivity index (χ2v) is 9.45. The topological polar surface area (TPSA) is 55.9 Å². The number of amides is 2. The first-order chi connectivity index (χ1) is 15.2. The molecule has 170 valence electrons. The van der Waals surface area contributed by atoms with Crippen molar-refractivity contribution in [2.24, 2.45) is 5.92 Å². The molecule has 2 aliphatic heterocycles. The predicted octanol–water partition coefficient (Wildman–Crippen LogP) is 2.67. The number of aryl methyl sites for hydroxylation is 1. The average Bonchev–Trinajstić information content (AvgIpc) is 2.82. The van der Waals surface area contributed by atoms with E-state index in [-0.39, 0.29) is 11.8 Å². The third-order valence-corrected chi connectivity index (χ3v) is 7.20. The fraction of sp³-hybridized carbons (Fsp3) is 0.680. The van der Waals surface area contributed by atoms with Crippen LogP contribution in [-0.2, 0) is 16.0 Å². The zero-order valence-corrected chi connectivity index (χ0v) is 18.9. The molecule has 31 heavy (non-hydrogen) atoms. The molecule has 0 aromatic heterocycles. The van der Waals surface area contributed by atoms with Crippen LogP contribution in [0.2, 0.25) is 0 Å². The second-order valence-electron chi connectivity index (χ2n) is 9.45. The number of nitrogens with zero attached hydrogens (tertiary/aromatic N) is 3. The highest BCUT2D eigenvalue weighted by Gasteiger charge is 2.25. The molecule has 1 saturated carbocycles. The van der Waals surface area contributed by atoms with Crippen molar-refractivity contribution < 1.29 is 9.59 Å². The lowest BCUT2D eigenvalue weighted by molar-refractivity contribution is -0.121. The van der Waals surface area contributed by atoms with Crippen LogP contribution in [0, 0.1) is 5.92 Å². The van der Waals surface area contributed by atoms with Gasteiger partial charge < -0.3 is 15.1 Å². The lowest BCUT2D eigenvalue weighted by atomic mass is 9.89. The molecule has 1 aromatic carbocycles. The molecule has 3 aliphatic rings. The van der Waals surface area contributed by atoms with Crippen LogP contribution >= 0.6 is 0 Å². The van der Waals surface area contributed by atoms with E-state index in [0.29, 0.717) is 18.9 Å². The van der Waals surface area contributed by atoms with E-state index in [1.807, 2.05) is 11.0 Å². The van der Waals surface area contributed by atoms with Gasteiger partial charge in [0.25, 0.3) is 0 Å². The lowest BCUT2D eigenvalue weighted by Crippen LogP contribution is -2.51. The van der Waals surface area contributed by atoms with Gasteiger partial charge in [-0.2, -0.15) is 0 Å². The summed E-state index contributed by atoms with van der Waals surface area (Å²) in [6.07, 6.45) is 9.21. The van der Waals surface area contributed by atoms with Crippen molar-refractivity contribution in [3.05, 3.63) is 29.8 Å². The van der Waals surface area contributed by atoms with Crippen molar-refractivity contribution in [3.8, 4) is 0 Å². The quantitative estimate of drug-likeness (QED) is 0.728.